The molecule has 1 heterocycles. The van der Waals surface area contributed by atoms with Crippen LogP contribution in [0, 0.1) is 17.5 Å². The lowest BCUT2D eigenvalue weighted by Gasteiger charge is -2.09. The van der Waals surface area contributed by atoms with Gasteiger partial charge in [0, 0.05) is 18.3 Å². The van der Waals surface area contributed by atoms with Crippen LogP contribution in [-0.2, 0) is 6.54 Å². The van der Waals surface area contributed by atoms with Gasteiger partial charge < -0.3 is 10.6 Å². The largest absolute Gasteiger partial charge is 0.348 e. The summed E-state index contributed by atoms with van der Waals surface area (Å²) in [5, 5.41) is 5.29. The molecule has 132 valence electrons. The molecule has 0 aliphatic carbocycles. The number of pyridine rings is 1. The second kappa shape index (κ2) is 7.69. The highest BCUT2D eigenvalue weighted by Crippen LogP contribution is 2.23. The first kappa shape index (κ1) is 17.5. The summed E-state index contributed by atoms with van der Waals surface area (Å²) in [6.07, 6.45) is 1.36. The fourth-order valence-electron chi connectivity index (χ4n) is 2.28. The zero-order valence-corrected chi connectivity index (χ0v) is 13.5. The van der Waals surface area contributed by atoms with Crippen LogP contribution in [-0.4, -0.2) is 10.9 Å². The zero-order chi connectivity index (χ0) is 18.5. The van der Waals surface area contributed by atoms with E-state index in [0.717, 1.165) is 17.7 Å². The van der Waals surface area contributed by atoms with Crippen LogP contribution in [0.1, 0.15) is 15.9 Å². The Labute approximate surface area is 147 Å². The molecule has 7 heteroatoms. The van der Waals surface area contributed by atoms with Gasteiger partial charge in [-0.3, -0.25) is 4.79 Å². The summed E-state index contributed by atoms with van der Waals surface area (Å²) in [4.78, 5) is 16.2. The van der Waals surface area contributed by atoms with Crippen molar-refractivity contribution in [2.24, 2.45) is 0 Å². The van der Waals surface area contributed by atoms with E-state index in [2.05, 4.69) is 15.6 Å². The Morgan fingerprint density at radius 1 is 0.962 bits per heavy atom. The van der Waals surface area contributed by atoms with Crippen molar-refractivity contribution in [3.63, 3.8) is 0 Å². The highest BCUT2D eigenvalue weighted by Gasteiger charge is 2.14. The summed E-state index contributed by atoms with van der Waals surface area (Å²) in [6, 6.07) is 14.1. The fourth-order valence-corrected chi connectivity index (χ4v) is 2.28. The first-order chi connectivity index (χ1) is 12.5. The molecule has 1 amide bonds. The topological polar surface area (TPSA) is 54.0 Å². The van der Waals surface area contributed by atoms with Gasteiger partial charge in [0.05, 0.1) is 5.69 Å². The van der Waals surface area contributed by atoms with Gasteiger partial charge in [-0.2, -0.15) is 0 Å². The summed E-state index contributed by atoms with van der Waals surface area (Å²) >= 11 is 0. The molecule has 0 spiro atoms. The van der Waals surface area contributed by atoms with Gasteiger partial charge in [-0.1, -0.05) is 30.3 Å². The van der Waals surface area contributed by atoms with Crippen LogP contribution in [0.25, 0.3) is 0 Å². The molecular formula is C19H14F3N3O. The van der Waals surface area contributed by atoms with Gasteiger partial charge >= 0.3 is 0 Å². The molecule has 4 nitrogen and oxygen atoms in total. The van der Waals surface area contributed by atoms with E-state index < -0.39 is 17.5 Å². The van der Waals surface area contributed by atoms with E-state index in [1.54, 1.807) is 0 Å². The van der Waals surface area contributed by atoms with Crippen molar-refractivity contribution in [1.82, 2.24) is 10.3 Å². The van der Waals surface area contributed by atoms with Crippen molar-refractivity contribution in [3.05, 3.63) is 89.4 Å². The fraction of sp³-hybridized carbons (Fsp3) is 0.0526. The molecular weight excluding hydrogens is 343 g/mol. The molecule has 0 saturated heterocycles. The molecule has 0 aliphatic heterocycles. The molecule has 0 atom stereocenters. The quantitative estimate of drug-likeness (QED) is 0.674. The minimum atomic E-state index is -1.58. The van der Waals surface area contributed by atoms with E-state index in [4.69, 9.17) is 0 Å². The average Bonchev–Trinajstić information content (AvgIpc) is 2.67. The third-order valence-electron chi connectivity index (χ3n) is 3.62. The van der Waals surface area contributed by atoms with Gasteiger partial charge in [-0.05, 0) is 29.8 Å². The molecule has 0 fully saturated rings. The average molecular weight is 357 g/mol. The van der Waals surface area contributed by atoms with Gasteiger partial charge in [0.1, 0.15) is 5.82 Å². The second-order valence-electron chi connectivity index (χ2n) is 5.45. The van der Waals surface area contributed by atoms with Gasteiger partial charge in [-0.15, -0.1) is 0 Å². The number of halogens is 3. The molecule has 0 radical (unpaired) electrons. The number of aromatic nitrogens is 1. The maximum Gasteiger partial charge on any atom is 0.251 e. The lowest BCUT2D eigenvalue weighted by atomic mass is 10.2. The van der Waals surface area contributed by atoms with Crippen molar-refractivity contribution in [2.45, 2.75) is 6.54 Å². The summed E-state index contributed by atoms with van der Waals surface area (Å²) in [5.41, 5.74) is 0.955. The standard InChI is InChI=1S/C19H14F3N3O/c20-14-6-7-15(18(22)17(14)21)25-16-10-13(8-9-23-16)19(26)24-11-12-4-2-1-3-5-12/h1-10H,11H2,(H,23,25)(H,24,26). The van der Waals surface area contributed by atoms with Crippen molar-refractivity contribution in [1.29, 1.82) is 0 Å². The zero-order valence-electron chi connectivity index (χ0n) is 13.5. The number of amides is 1. The van der Waals surface area contributed by atoms with E-state index in [1.165, 1.54) is 18.3 Å². The van der Waals surface area contributed by atoms with Crippen LogP contribution in [0.3, 0.4) is 0 Å². The Morgan fingerprint density at radius 3 is 2.50 bits per heavy atom. The van der Waals surface area contributed by atoms with Crippen LogP contribution in [0.15, 0.2) is 60.8 Å². The van der Waals surface area contributed by atoms with Crippen LogP contribution in [0.2, 0.25) is 0 Å². The Balaban J connectivity index is 1.72. The lowest BCUT2D eigenvalue weighted by Crippen LogP contribution is -2.22. The molecule has 3 rings (SSSR count). The van der Waals surface area contributed by atoms with Crippen molar-refractivity contribution >= 4 is 17.4 Å². The van der Waals surface area contributed by atoms with E-state index >= 15 is 0 Å². The number of nitrogens with one attached hydrogen (secondary N) is 2. The summed E-state index contributed by atoms with van der Waals surface area (Å²) < 4.78 is 40.0. The number of nitrogens with zero attached hydrogens (tertiary/aromatic N) is 1. The van der Waals surface area contributed by atoms with Crippen molar-refractivity contribution in [3.8, 4) is 0 Å². The first-order valence-electron chi connectivity index (χ1n) is 7.73. The molecule has 0 unspecified atom stereocenters. The molecule has 3 aromatic rings. The van der Waals surface area contributed by atoms with Gasteiger partial charge in [0.15, 0.2) is 17.5 Å². The van der Waals surface area contributed by atoms with Gasteiger partial charge in [0.2, 0.25) is 0 Å². The highest BCUT2D eigenvalue weighted by atomic mass is 19.2. The van der Waals surface area contributed by atoms with Crippen molar-refractivity contribution < 1.29 is 18.0 Å². The Hall–Kier alpha value is -3.35. The lowest BCUT2D eigenvalue weighted by molar-refractivity contribution is 0.0951. The normalized spacial score (nSPS) is 10.4. The second-order valence-corrected chi connectivity index (χ2v) is 5.45. The monoisotopic (exact) mass is 357 g/mol. The molecule has 0 aliphatic rings. The van der Waals surface area contributed by atoms with E-state index in [1.807, 2.05) is 30.3 Å². The third kappa shape index (κ3) is 4.00. The predicted molar refractivity (Wildman–Crippen MR) is 91.4 cm³/mol. The Bertz CT molecular complexity index is 933. The Morgan fingerprint density at radius 2 is 1.73 bits per heavy atom. The number of benzene rings is 2. The van der Waals surface area contributed by atoms with Crippen LogP contribution < -0.4 is 10.6 Å². The summed E-state index contributed by atoms with van der Waals surface area (Å²) in [7, 11) is 0. The minimum Gasteiger partial charge on any atom is -0.348 e. The first-order valence-corrected chi connectivity index (χ1v) is 7.73. The number of hydrogen-bond acceptors (Lipinski definition) is 3. The number of anilines is 2. The Kier molecular flexibility index (Phi) is 5.17. The van der Waals surface area contributed by atoms with Crippen LogP contribution >= 0.6 is 0 Å². The molecule has 26 heavy (non-hydrogen) atoms. The summed E-state index contributed by atoms with van der Waals surface area (Å²) in [5.74, 6) is -4.43. The smallest absolute Gasteiger partial charge is 0.251 e. The molecule has 0 saturated carbocycles. The summed E-state index contributed by atoms with van der Waals surface area (Å²) in [6.45, 7) is 0.350. The van der Waals surface area contributed by atoms with Crippen LogP contribution in [0.4, 0.5) is 24.7 Å². The van der Waals surface area contributed by atoms with Crippen molar-refractivity contribution in [2.75, 3.05) is 5.32 Å². The third-order valence-corrected chi connectivity index (χ3v) is 3.62. The highest BCUT2D eigenvalue weighted by molar-refractivity contribution is 5.94. The predicted octanol–water partition coefficient (Wildman–Crippen LogP) is 4.17. The van der Waals surface area contributed by atoms with E-state index in [9.17, 15) is 18.0 Å². The van der Waals surface area contributed by atoms with Gasteiger partial charge in [-0.25, -0.2) is 18.2 Å². The number of carbonyl (C=O) groups is 1. The molecule has 0 bridgehead atoms. The number of carbonyl (C=O) groups excluding carboxylic acids is 1. The SMILES string of the molecule is O=C(NCc1ccccc1)c1ccnc(Nc2ccc(F)c(F)c2F)c1. The maximum atomic E-state index is 13.7. The number of hydrogen-bond donors (Lipinski definition) is 2. The molecule has 2 aromatic carbocycles. The maximum absolute atomic E-state index is 13.7. The molecule has 1 aromatic heterocycles. The van der Waals surface area contributed by atoms with E-state index in [0.29, 0.717) is 12.1 Å². The minimum absolute atomic E-state index is 0.127. The van der Waals surface area contributed by atoms with E-state index in [-0.39, 0.29) is 17.4 Å². The molecule has 2 N–H and O–H groups in total. The van der Waals surface area contributed by atoms with Gasteiger partial charge in [0.25, 0.3) is 5.91 Å². The number of rotatable bonds is 5. The van der Waals surface area contributed by atoms with Crippen LogP contribution in [0.5, 0.6) is 0 Å².